The van der Waals surface area contributed by atoms with Crippen molar-refractivity contribution in [2.75, 3.05) is 0 Å². The zero-order chi connectivity index (χ0) is 12.7. The third kappa shape index (κ3) is 3.70. The van der Waals surface area contributed by atoms with Gasteiger partial charge in [-0.2, -0.15) is 4.98 Å². The molecule has 0 unspecified atom stereocenters. The van der Waals surface area contributed by atoms with E-state index in [2.05, 4.69) is 29.9 Å². The fraction of sp³-hybridized carbons (Fsp3) is 0.429. The highest BCUT2D eigenvalue weighted by atomic mass is 16.5. The standard InChI is InChI=1S/C14H20N2O/c1-5-8-14(9-6-2,10-7-3)11-13-15-12(4)17-16-13/h5-7H,1-3,8-11H2,4H3. The van der Waals surface area contributed by atoms with Gasteiger partial charge >= 0.3 is 0 Å². The zero-order valence-electron chi connectivity index (χ0n) is 10.5. The Balaban J connectivity index is 2.89. The highest BCUT2D eigenvalue weighted by molar-refractivity contribution is 5.01. The molecule has 0 aliphatic carbocycles. The average molecular weight is 232 g/mol. The molecule has 1 aromatic heterocycles. The number of rotatable bonds is 8. The van der Waals surface area contributed by atoms with Gasteiger partial charge in [0.05, 0.1) is 0 Å². The molecule has 3 nitrogen and oxygen atoms in total. The summed E-state index contributed by atoms with van der Waals surface area (Å²) in [7, 11) is 0. The van der Waals surface area contributed by atoms with Crippen LogP contribution in [-0.4, -0.2) is 10.1 Å². The van der Waals surface area contributed by atoms with Gasteiger partial charge in [-0.25, -0.2) is 0 Å². The molecular formula is C14H20N2O. The molecule has 0 aliphatic rings. The number of hydrogen-bond donors (Lipinski definition) is 0. The lowest BCUT2D eigenvalue weighted by atomic mass is 9.75. The number of aryl methyl sites for hydroxylation is 1. The molecule has 1 heterocycles. The molecule has 0 saturated carbocycles. The lowest BCUT2D eigenvalue weighted by molar-refractivity contribution is 0.282. The van der Waals surface area contributed by atoms with Crippen LogP contribution in [0.2, 0.25) is 0 Å². The van der Waals surface area contributed by atoms with Crippen molar-refractivity contribution in [3.05, 3.63) is 49.7 Å². The van der Waals surface area contributed by atoms with Crippen LogP contribution in [0.1, 0.15) is 31.0 Å². The summed E-state index contributed by atoms with van der Waals surface area (Å²) in [6.45, 7) is 13.3. The SMILES string of the molecule is C=CCC(CC=C)(CC=C)Cc1noc(C)n1. The van der Waals surface area contributed by atoms with E-state index < -0.39 is 0 Å². The Morgan fingerprint density at radius 2 is 1.65 bits per heavy atom. The first-order chi connectivity index (χ1) is 8.15. The van der Waals surface area contributed by atoms with E-state index >= 15 is 0 Å². The summed E-state index contributed by atoms with van der Waals surface area (Å²) < 4.78 is 5.01. The van der Waals surface area contributed by atoms with Gasteiger partial charge in [0, 0.05) is 13.3 Å². The van der Waals surface area contributed by atoms with Crippen LogP contribution in [0.15, 0.2) is 42.5 Å². The highest BCUT2D eigenvalue weighted by Gasteiger charge is 2.28. The molecule has 1 rings (SSSR count). The normalized spacial score (nSPS) is 11.1. The summed E-state index contributed by atoms with van der Waals surface area (Å²) in [6.07, 6.45) is 9.21. The van der Waals surface area contributed by atoms with Gasteiger partial charge in [-0.1, -0.05) is 23.4 Å². The fourth-order valence-electron chi connectivity index (χ4n) is 2.13. The van der Waals surface area contributed by atoms with Crippen LogP contribution in [0.3, 0.4) is 0 Å². The number of hydrogen-bond acceptors (Lipinski definition) is 3. The van der Waals surface area contributed by atoms with Gasteiger partial charge in [-0.05, 0) is 24.7 Å². The van der Waals surface area contributed by atoms with Crippen molar-refractivity contribution in [2.24, 2.45) is 5.41 Å². The smallest absolute Gasteiger partial charge is 0.223 e. The second-order valence-electron chi connectivity index (χ2n) is 4.38. The van der Waals surface area contributed by atoms with Gasteiger partial charge < -0.3 is 4.52 Å². The molecule has 0 aromatic carbocycles. The van der Waals surface area contributed by atoms with Crippen molar-refractivity contribution < 1.29 is 4.52 Å². The van der Waals surface area contributed by atoms with Crippen LogP contribution in [0.4, 0.5) is 0 Å². The predicted octanol–water partition coefficient (Wildman–Crippen LogP) is 3.64. The Kier molecular flexibility index (Phi) is 4.88. The maximum Gasteiger partial charge on any atom is 0.223 e. The molecule has 92 valence electrons. The molecular weight excluding hydrogens is 212 g/mol. The first-order valence-corrected chi connectivity index (χ1v) is 5.77. The van der Waals surface area contributed by atoms with E-state index in [0.29, 0.717) is 5.89 Å². The van der Waals surface area contributed by atoms with E-state index in [1.165, 1.54) is 0 Å². The van der Waals surface area contributed by atoms with Crippen LogP contribution in [0.25, 0.3) is 0 Å². The van der Waals surface area contributed by atoms with Crippen molar-refractivity contribution in [3.8, 4) is 0 Å². The van der Waals surface area contributed by atoms with Crippen LogP contribution in [-0.2, 0) is 6.42 Å². The summed E-state index contributed by atoms with van der Waals surface area (Å²) >= 11 is 0. The maximum atomic E-state index is 5.01. The topological polar surface area (TPSA) is 38.9 Å². The monoisotopic (exact) mass is 232 g/mol. The Bertz CT molecular complexity index is 366. The minimum Gasteiger partial charge on any atom is -0.340 e. The summed E-state index contributed by atoms with van der Waals surface area (Å²) in [5.41, 5.74) is 0.0293. The lowest BCUT2D eigenvalue weighted by Gasteiger charge is -2.29. The molecule has 0 bridgehead atoms. The van der Waals surface area contributed by atoms with Crippen molar-refractivity contribution >= 4 is 0 Å². The van der Waals surface area contributed by atoms with E-state index in [1.54, 1.807) is 6.92 Å². The Hall–Kier alpha value is -1.64. The minimum atomic E-state index is 0.0293. The lowest BCUT2D eigenvalue weighted by Crippen LogP contribution is -2.22. The minimum absolute atomic E-state index is 0.0293. The van der Waals surface area contributed by atoms with Gasteiger partial charge in [-0.15, -0.1) is 19.7 Å². The highest BCUT2D eigenvalue weighted by Crippen LogP contribution is 2.35. The summed E-state index contributed by atoms with van der Waals surface area (Å²) in [5.74, 6) is 1.35. The first kappa shape index (κ1) is 13.4. The largest absolute Gasteiger partial charge is 0.340 e. The summed E-state index contributed by atoms with van der Waals surface area (Å²) in [4.78, 5) is 4.26. The Morgan fingerprint density at radius 3 is 2.00 bits per heavy atom. The number of nitrogens with zero attached hydrogens (tertiary/aromatic N) is 2. The van der Waals surface area contributed by atoms with E-state index in [0.717, 1.165) is 31.5 Å². The van der Waals surface area contributed by atoms with Crippen molar-refractivity contribution in [1.29, 1.82) is 0 Å². The van der Waals surface area contributed by atoms with Crippen molar-refractivity contribution in [3.63, 3.8) is 0 Å². The molecule has 0 fully saturated rings. The van der Waals surface area contributed by atoms with Crippen LogP contribution >= 0.6 is 0 Å². The molecule has 0 radical (unpaired) electrons. The molecule has 0 atom stereocenters. The van der Waals surface area contributed by atoms with Gasteiger partial charge in [-0.3, -0.25) is 0 Å². The second-order valence-corrected chi connectivity index (χ2v) is 4.38. The maximum absolute atomic E-state index is 5.01. The zero-order valence-corrected chi connectivity index (χ0v) is 10.5. The van der Waals surface area contributed by atoms with E-state index in [1.807, 2.05) is 18.2 Å². The van der Waals surface area contributed by atoms with E-state index in [4.69, 9.17) is 4.52 Å². The first-order valence-electron chi connectivity index (χ1n) is 5.77. The van der Waals surface area contributed by atoms with Gasteiger partial charge in [0.1, 0.15) is 0 Å². The molecule has 0 saturated heterocycles. The quantitative estimate of drug-likeness (QED) is 0.642. The molecule has 1 aromatic rings. The summed E-state index contributed by atoms with van der Waals surface area (Å²) in [5, 5.41) is 3.96. The van der Waals surface area contributed by atoms with Crippen molar-refractivity contribution in [1.82, 2.24) is 10.1 Å². The van der Waals surface area contributed by atoms with Crippen molar-refractivity contribution in [2.45, 2.75) is 32.6 Å². The summed E-state index contributed by atoms with van der Waals surface area (Å²) in [6, 6.07) is 0. The van der Waals surface area contributed by atoms with Crippen LogP contribution in [0.5, 0.6) is 0 Å². The van der Waals surface area contributed by atoms with E-state index in [9.17, 15) is 0 Å². The average Bonchev–Trinajstić information content (AvgIpc) is 2.65. The Labute approximate surface area is 103 Å². The van der Waals surface area contributed by atoms with Gasteiger partial charge in [0.15, 0.2) is 5.82 Å². The van der Waals surface area contributed by atoms with Gasteiger partial charge in [0.2, 0.25) is 5.89 Å². The molecule has 3 heteroatoms. The fourth-order valence-corrected chi connectivity index (χ4v) is 2.13. The third-order valence-corrected chi connectivity index (χ3v) is 2.83. The molecule has 0 spiro atoms. The predicted molar refractivity (Wildman–Crippen MR) is 69.6 cm³/mol. The molecule has 0 aliphatic heterocycles. The van der Waals surface area contributed by atoms with Gasteiger partial charge in [0.25, 0.3) is 0 Å². The van der Waals surface area contributed by atoms with E-state index in [-0.39, 0.29) is 5.41 Å². The number of aromatic nitrogens is 2. The molecule has 17 heavy (non-hydrogen) atoms. The van der Waals surface area contributed by atoms with Crippen LogP contribution in [0, 0.1) is 12.3 Å². The van der Waals surface area contributed by atoms with Crippen LogP contribution < -0.4 is 0 Å². The third-order valence-electron chi connectivity index (χ3n) is 2.83. The second kappa shape index (κ2) is 6.18. The number of allylic oxidation sites excluding steroid dienone is 3. The molecule has 0 amide bonds. The Morgan fingerprint density at radius 1 is 1.12 bits per heavy atom. The molecule has 0 N–H and O–H groups in total.